The van der Waals surface area contributed by atoms with Crippen molar-refractivity contribution in [1.82, 2.24) is 15.5 Å². The molecule has 0 atom stereocenters. The van der Waals surface area contributed by atoms with Gasteiger partial charge in [-0.25, -0.2) is 0 Å². The van der Waals surface area contributed by atoms with E-state index in [9.17, 15) is 4.79 Å². The Bertz CT molecular complexity index is 159. The van der Waals surface area contributed by atoms with Gasteiger partial charge in [0, 0.05) is 19.1 Å². The Morgan fingerprint density at radius 3 is 2.57 bits per heavy atom. The van der Waals surface area contributed by atoms with E-state index in [1.165, 1.54) is 0 Å². The fraction of sp³-hybridized carbons (Fsp3) is 0.900. The molecule has 0 aromatic carbocycles. The van der Waals surface area contributed by atoms with E-state index in [2.05, 4.69) is 17.6 Å². The van der Waals surface area contributed by atoms with Crippen molar-refractivity contribution < 1.29 is 4.79 Å². The molecule has 0 aromatic rings. The van der Waals surface area contributed by atoms with E-state index in [1.54, 1.807) is 0 Å². The summed E-state index contributed by atoms with van der Waals surface area (Å²) in [6.45, 7) is 9.30. The van der Waals surface area contributed by atoms with E-state index < -0.39 is 0 Å². The summed E-state index contributed by atoms with van der Waals surface area (Å²) in [4.78, 5) is 13.3. The first-order chi connectivity index (χ1) is 6.56. The third kappa shape index (κ3) is 8.01. The lowest BCUT2D eigenvalue weighted by molar-refractivity contribution is -0.122. The number of nitrogens with zero attached hydrogens (tertiary/aromatic N) is 1. The standard InChI is InChI=1S/C10H23N3O/c1-5-11-6-7-13(4)8-10(14)12-9(2)3/h9,11H,5-8H2,1-4H3,(H,12,14). The average molecular weight is 201 g/mol. The molecule has 0 spiro atoms. The lowest BCUT2D eigenvalue weighted by atomic mass is 10.4. The molecule has 0 radical (unpaired) electrons. The Morgan fingerprint density at radius 1 is 1.43 bits per heavy atom. The second-order valence-electron chi connectivity index (χ2n) is 3.81. The van der Waals surface area contributed by atoms with E-state index in [-0.39, 0.29) is 11.9 Å². The van der Waals surface area contributed by atoms with Crippen LogP contribution >= 0.6 is 0 Å². The van der Waals surface area contributed by atoms with E-state index >= 15 is 0 Å². The molecular weight excluding hydrogens is 178 g/mol. The van der Waals surface area contributed by atoms with Crippen molar-refractivity contribution in [1.29, 1.82) is 0 Å². The topological polar surface area (TPSA) is 44.4 Å². The molecule has 0 unspecified atom stereocenters. The normalized spacial score (nSPS) is 11.0. The molecule has 4 nitrogen and oxygen atoms in total. The summed E-state index contributed by atoms with van der Waals surface area (Å²) in [5, 5.41) is 6.08. The van der Waals surface area contributed by atoms with Crippen molar-refractivity contribution in [3.63, 3.8) is 0 Å². The summed E-state index contributed by atoms with van der Waals surface area (Å²) in [7, 11) is 1.96. The van der Waals surface area contributed by atoms with Crippen LogP contribution in [0.1, 0.15) is 20.8 Å². The SMILES string of the molecule is CCNCCN(C)CC(=O)NC(C)C. The Kier molecular flexibility index (Phi) is 7.42. The number of hydrogen-bond acceptors (Lipinski definition) is 3. The number of carbonyl (C=O) groups is 1. The monoisotopic (exact) mass is 201 g/mol. The van der Waals surface area contributed by atoms with Crippen molar-refractivity contribution in [2.45, 2.75) is 26.8 Å². The molecule has 1 amide bonds. The molecule has 0 aliphatic carbocycles. The molecule has 0 bridgehead atoms. The highest BCUT2D eigenvalue weighted by Crippen LogP contribution is 1.83. The summed E-state index contributed by atoms with van der Waals surface area (Å²) < 4.78 is 0. The van der Waals surface area contributed by atoms with Crippen LogP contribution < -0.4 is 10.6 Å². The number of rotatable bonds is 7. The van der Waals surface area contributed by atoms with Gasteiger partial charge in [-0.05, 0) is 27.4 Å². The van der Waals surface area contributed by atoms with Crippen LogP contribution in [0, 0.1) is 0 Å². The van der Waals surface area contributed by atoms with Gasteiger partial charge in [0.05, 0.1) is 6.54 Å². The number of hydrogen-bond donors (Lipinski definition) is 2. The molecule has 2 N–H and O–H groups in total. The van der Waals surface area contributed by atoms with Crippen molar-refractivity contribution >= 4 is 5.91 Å². The van der Waals surface area contributed by atoms with E-state index in [0.29, 0.717) is 6.54 Å². The second kappa shape index (κ2) is 7.76. The summed E-state index contributed by atoms with van der Waals surface area (Å²) in [6, 6.07) is 0.227. The molecule has 0 aliphatic heterocycles. The van der Waals surface area contributed by atoms with Gasteiger partial charge in [0.1, 0.15) is 0 Å². The molecule has 84 valence electrons. The first-order valence-corrected chi connectivity index (χ1v) is 5.24. The lowest BCUT2D eigenvalue weighted by Crippen LogP contribution is -2.40. The Morgan fingerprint density at radius 2 is 2.07 bits per heavy atom. The number of amides is 1. The maximum Gasteiger partial charge on any atom is 0.234 e. The first-order valence-electron chi connectivity index (χ1n) is 5.24. The van der Waals surface area contributed by atoms with Gasteiger partial charge in [-0.3, -0.25) is 9.69 Å². The maximum absolute atomic E-state index is 11.3. The summed E-state index contributed by atoms with van der Waals surface area (Å²) >= 11 is 0. The lowest BCUT2D eigenvalue weighted by Gasteiger charge is -2.17. The van der Waals surface area contributed by atoms with Crippen molar-refractivity contribution in [2.75, 3.05) is 33.2 Å². The minimum atomic E-state index is 0.0963. The van der Waals surface area contributed by atoms with Gasteiger partial charge in [0.15, 0.2) is 0 Å². The Hall–Kier alpha value is -0.610. The van der Waals surface area contributed by atoms with Crippen molar-refractivity contribution in [3.05, 3.63) is 0 Å². The largest absolute Gasteiger partial charge is 0.353 e. The highest BCUT2D eigenvalue weighted by atomic mass is 16.2. The maximum atomic E-state index is 11.3. The number of likely N-dealkylation sites (N-methyl/N-ethyl adjacent to an activating group) is 2. The van der Waals surface area contributed by atoms with Gasteiger partial charge in [0.25, 0.3) is 0 Å². The summed E-state index contributed by atoms with van der Waals surface area (Å²) in [5.41, 5.74) is 0. The van der Waals surface area contributed by atoms with Gasteiger partial charge in [0.2, 0.25) is 5.91 Å². The van der Waals surface area contributed by atoms with Crippen LogP contribution in [-0.4, -0.2) is 50.1 Å². The molecule has 0 rings (SSSR count). The molecule has 0 saturated heterocycles. The third-order valence-corrected chi connectivity index (χ3v) is 1.78. The molecule has 14 heavy (non-hydrogen) atoms. The van der Waals surface area contributed by atoms with Crippen LogP contribution in [0.2, 0.25) is 0 Å². The average Bonchev–Trinajstić information content (AvgIpc) is 2.02. The zero-order valence-corrected chi connectivity index (χ0v) is 9.76. The highest BCUT2D eigenvalue weighted by Gasteiger charge is 2.06. The smallest absolute Gasteiger partial charge is 0.234 e. The molecule has 0 aliphatic rings. The predicted molar refractivity (Wildman–Crippen MR) is 59.3 cm³/mol. The van der Waals surface area contributed by atoms with E-state index in [1.807, 2.05) is 25.8 Å². The van der Waals surface area contributed by atoms with Crippen LogP contribution in [0.15, 0.2) is 0 Å². The molecule has 4 heteroatoms. The minimum Gasteiger partial charge on any atom is -0.353 e. The number of nitrogens with one attached hydrogen (secondary N) is 2. The summed E-state index contributed by atoms with van der Waals surface area (Å²) in [6.07, 6.45) is 0. The highest BCUT2D eigenvalue weighted by molar-refractivity contribution is 5.78. The van der Waals surface area contributed by atoms with Gasteiger partial charge in [-0.15, -0.1) is 0 Å². The quantitative estimate of drug-likeness (QED) is 0.572. The predicted octanol–water partition coefficient (Wildman–Crippen LogP) is 0.0523. The van der Waals surface area contributed by atoms with E-state index in [0.717, 1.165) is 19.6 Å². The zero-order valence-electron chi connectivity index (χ0n) is 9.76. The van der Waals surface area contributed by atoms with Crippen LogP contribution in [0.3, 0.4) is 0 Å². The fourth-order valence-electron chi connectivity index (χ4n) is 1.14. The van der Waals surface area contributed by atoms with Gasteiger partial charge in [-0.2, -0.15) is 0 Å². The molecule has 0 saturated carbocycles. The van der Waals surface area contributed by atoms with Crippen LogP contribution in [0.5, 0.6) is 0 Å². The zero-order chi connectivity index (χ0) is 11.0. The summed E-state index contributed by atoms with van der Waals surface area (Å²) in [5.74, 6) is 0.0963. The van der Waals surface area contributed by atoms with Crippen LogP contribution in [-0.2, 0) is 4.79 Å². The van der Waals surface area contributed by atoms with Gasteiger partial charge in [-0.1, -0.05) is 6.92 Å². The third-order valence-electron chi connectivity index (χ3n) is 1.78. The van der Waals surface area contributed by atoms with E-state index in [4.69, 9.17) is 0 Å². The van der Waals surface area contributed by atoms with Crippen LogP contribution in [0.25, 0.3) is 0 Å². The molecular formula is C10H23N3O. The van der Waals surface area contributed by atoms with Gasteiger partial charge < -0.3 is 10.6 Å². The molecule has 0 aromatic heterocycles. The minimum absolute atomic E-state index is 0.0963. The van der Waals surface area contributed by atoms with Gasteiger partial charge >= 0.3 is 0 Å². The number of carbonyl (C=O) groups excluding carboxylic acids is 1. The molecule has 0 fully saturated rings. The first kappa shape index (κ1) is 13.4. The second-order valence-corrected chi connectivity index (χ2v) is 3.81. The molecule has 0 heterocycles. The Labute approximate surface area is 87.0 Å². The van der Waals surface area contributed by atoms with Crippen molar-refractivity contribution in [2.24, 2.45) is 0 Å². The fourth-order valence-corrected chi connectivity index (χ4v) is 1.14. The van der Waals surface area contributed by atoms with Crippen molar-refractivity contribution in [3.8, 4) is 0 Å². The van der Waals surface area contributed by atoms with Crippen LogP contribution in [0.4, 0.5) is 0 Å². The Balaban J connectivity index is 3.50.